The highest BCUT2D eigenvalue weighted by atomic mass is 32.2. The van der Waals surface area contributed by atoms with Gasteiger partial charge >= 0.3 is 0 Å². The van der Waals surface area contributed by atoms with E-state index in [0.717, 1.165) is 0 Å². The molecule has 2 fully saturated rings. The van der Waals surface area contributed by atoms with E-state index in [0.29, 0.717) is 5.75 Å². The quantitative estimate of drug-likeness (QED) is 0.241. The minimum Gasteiger partial charge on any atom is -0.403 e. The molecule has 0 radical (unpaired) electrons. The molecular formula is C24H41NO5SSi2. The Labute approximate surface area is 205 Å². The van der Waals surface area contributed by atoms with Gasteiger partial charge in [-0.2, -0.15) is 11.8 Å². The zero-order valence-electron chi connectivity index (χ0n) is 22.1. The van der Waals surface area contributed by atoms with E-state index in [1.54, 1.807) is 17.8 Å². The van der Waals surface area contributed by atoms with Crippen molar-refractivity contribution in [2.24, 2.45) is 11.3 Å². The van der Waals surface area contributed by atoms with E-state index in [9.17, 15) is 14.4 Å². The lowest BCUT2D eigenvalue weighted by Gasteiger charge is -2.64. The average Bonchev–Trinajstić information content (AvgIpc) is 2.63. The number of rotatable bonds is 6. The summed E-state index contributed by atoms with van der Waals surface area (Å²) in [6.45, 7) is 21.1. The molecule has 1 heterocycles. The van der Waals surface area contributed by atoms with Gasteiger partial charge in [0.25, 0.3) is 0 Å². The number of amides is 2. The summed E-state index contributed by atoms with van der Waals surface area (Å²) >= 11 is 1.56. The van der Waals surface area contributed by atoms with Crippen LogP contribution in [0.4, 0.5) is 0 Å². The van der Waals surface area contributed by atoms with Crippen molar-refractivity contribution in [3.8, 4) is 0 Å². The molecule has 3 aliphatic carbocycles. The van der Waals surface area contributed by atoms with Crippen molar-refractivity contribution in [3.05, 3.63) is 12.2 Å². The smallest absolute Gasteiger partial charge is 0.246 e. The average molecular weight is 512 g/mol. The zero-order valence-corrected chi connectivity index (χ0v) is 24.9. The maximum absolute atomic E-state index is 14.7. The van der Waals surface area contributed by atoms with Crippen molar-refractivity contribution in [1.29, 1.82) is 0 Å². The van der Waals surface area contributed by atoms with E-state index >= 15 is 0 Å². The first kappa shape index (κ1) is 26.9. The van der Waals surface area contributed by atoms with Crippen molar-refractivity contribution >= 4 is 46.0 Å². The van der Waals surface area contributed by atoms with Crippen LogP contribution in [0.1, 0.15) is 48.0 Å². The second-order valence-corrected chi connectivity index (χ2v) is 23.3. The normalized spacial score (nSPS) is 31.7. The number of carbonyl (C=O) groups is 3. The number of ketones is 1. The van der Waals surface area contributed by atoms with Gasteiger partial charge in [0.05, 0.1) is 0 Å². The summed E-state index contributed by atoms with van der Waals surface area (Å²) in [5, 5.41) is 2.07. The summed E-state index contributed by atoms with van der Waals surface area (Å²) in [6, 6.07) is 0. The molecule has 0 unspecified atom stereocenters. The molecule has 1 spiro atoms. The number of β-lactam (4-membered cyclic amide) rings is 2. The Hall–Kier alpha value is -0.746. The Morgan fingerprint density at radius 1 is 0.970 bits per heavy atom. The maximum Gasteiger partial charge on any atom is 0.246 e. The molecule has 1 saturated heterocycles. The topological polar surface area (TPSA) is 81.7 Å². The van der Waals surface area contributed by atoms with Gasteiger partial charge in [0, 0.05) is 11.7 Å². The van der Waals surface area contributed by atoms with Gasteiger partial charge in [0.15, 0.2) is 27.7 Å². The van der Waals surface area contributed by atoms with Crippen LogP contribution in [0.3, 0.4) is 0 Å². The Kier molecular flexibility index (Phi) is 6.20. The number of hydrogen-bond donors (Lipinski definition) is 1. The van der Waals surface area contributed by atoms with Crippen LogP contribution in [-0.2, 0) is 23.2 Å². The van der Waals surface area contributed by atoms with Gasteiger partial charge in [-0.3, -0.25) is 19.7 Å². The van der Waals surface area contributed by atoms with E-state index < -0.39 is 45.1 Å². The van der Waals surface area contributed by atoms with E-state index in [-0.39, 0.29) is 28.2 Å². The molecule has 0 aromatic rings. The lowest BCUT2D eigenvalue weighted by molar-refractivity contribution is -0.199. The van der Waals surface area contributed by atoms with Crippen molar-refractivity contribution in [2.45, 2.75) is 95.4 Å². The molecule has 2 bridgehead atoms. The van der Waals surface area contributed by atoms with E-state index in [1.165, 1.54) is 0 Å². The Bertz CT molecular complexity index is 903. The minimum atomic E-state index is -2.57. The molecule has 3 atom stereocenters. The van der Waals surface area contributed by atoms with Crippen LogP contribution >= 0.6 is 11.8 Å². The summed E-state index contributed by atoms with van der Waals surface area (Å²) < 4.78 is 13.9. The highest BCUT2D eigenvalue weighted by molar-refractivity contribution is 7.98. The molecule has 4 rings (SSSR count). The van der Waals surface area contributed by atoms with E-state index in [4.69, 9.17) is 8.85 Å². The fraction of sp³-hybridized carbons (Fsp3) is 0.792. The highest BCUT2D eigenvalue weighted by Crippen LogP contribution is 2.62. The van der Waals surface area contributed by atoms with Crippen LogP contribution in [0.5, 0.6) is 0 Å². The van der Waals surface area contributed by atoms with Crippen LogP contribution in [0.2, 0.25) is 36.3 Å². The molecule has 1 aliphatic heterocycles. The monoisotopic (exact) mass is 511 g/mol. The molecule has 0 aromatic carbocycles. The van der Waals surface area contributed by atoms with Crippen molar-refractivity contribution in [3.63, 3.8) is 0 Å². The first-order valence-corrected chi connectivity index (χ1v) is 18.9. The number of carbonyl (C=O) groups excluding carboxylic acids is 3. The predicted molar refractivity (Wildman–Crippen MR) is 138 cm³/mol. The molecule has 4 aliphatic rings. The summed E-state index contributed by atoms with van der Waals surface area (Å²) in [7, 11) is -4.95. The minimum absolute atomic E-state index is 0.103. The van der Waals surface area contributed by atoms with Gasteiger partial charge in [-0.15, -0.1) is 0 Å². The lowest BCUT2D eigenvalue weighted by Crippen LogP contribution is -2.85. The van der Waals surface area contributed by atoms with Gasteiger partial charge in [-0.1, -0.05) is 47.6 Å². The largest absolute Gasteiger partial charge is 0.403 e. The van der Waals surface area contributed by atoms with E-state index in [2.05, 4.69) is 73.0 Å². The third-order valence-electron chi connectivity index (χ3n) is 8.87. The number of thioether (sulfide) groups is 1. The fourth-order valence-corrected chi connectivity index (χ4v) is 8.68. The van der Waals surface area contributed by atoms with Gasteiger partial charge in [0.2, 0.25) is 17.6 Å². The number of Topliss-reactive ketones (excluding diaryl/α,β-unsaturated/α-hetero) is 1. The fourth-order valence-electron chi connectivity index (χ4n) is 4.77. The first-order valence-electron chi connectivity index (χ1n) is 11.7. The van der Waals surface area contributed by atoms with Crippen molar-refractivity contribution in [2.75, 3.05) is 12.0 Å². The van der Waals surface area contributed by atoms with Crippen LogP contribution in [0.25, 0.3) is 0 Å². The number of hydrogen-bond acceptors (Lipinski definition) is 6. The molecule has 1 saturated carbocycles. The van der Waals surface area contributed by atoms with E-state index in [1.807, 2.05) is 12.3 Å². The molecule has 0 aromatic heterocycles. The zero-order chi connectivity index (χ0) is 25.5. The van der Waals surface area contributed by atoms with Crippen molar-refractivity contribution in [1.82, 2.24) is 5.32 Å². The molecular weight excluding hydrogens is 471 g/mol. The Balaban J connectivity index is 2.24. The molecule has 6 nitrogen and oxygen atoms in total. The van der Waals surface area contributed by atoms with Crippen LogP contribution in [-0.4, -0.2) is 57.4 Å². The van der Waals surface area contributed by atoms with Crippen LogP contribution < -0.4 is 5.32 Å². The van der Waals surface area contributed by atoms with Crippen molar-refractivity contribution < 1.29 is 23.2 Å². The number of nitrogens with one attached hydrogen (secondary N) is 1. The first-order chi connectivity index (χ1) is 14.7. The molecule has 33 heavy (non-hydrogen) atoms. The predicted octanol–water partition coefficient (Wildman–Crippen LogP) is 4.67. The SMILES string of the molecule is CSC[C@@]1(O[Si](C)(C)C(C)(C)C)C(=O)[C@@]2(O[Si](C)(C)C(C)(C)C)C=C[C@@H]1CC21C(=O)NC1=O. The summed E-state index contributed by atoms with van der Waals surface area (Å²) in [6.07, 6.45) is 5.92. The Morgan fingerprint density at radius 3 is 1.88 bits per heavy atom. The summed E-state index contributed by atoms with van der Waals surface area (Å²) in [5.41, 5.74) is -4.26. The second-order valence-electron chi connectivity index (χ2n) is 13.0. The highest BCUT2D eigenvalue weighted by Gasteiger charge is 2.80. The van der Waals surface area contributed by atoms with Gasteiger partial charge < -0.3 is 8.85 Å². The van der Waals surface area contributed by atoms with Gasteiger partial charge in [-0.05, 0) is 55.0 Å². The molecule has 2 amide bonds. The Morgan fingerprint density at radius 2 is 1.45 bits per heavy atom. The molecule has 9 heteroatoms. The molecule has 186 valence electrons. The van der Waals surface area contributed by atoms with Crippen LogP contribution in [0, 0.1) is 11.3 Å². The van der Waals surface area contributed by atoms with Gasteiger partial charge in [0.1, 0.15) is 5.60 Å². The van der Waals surface area contributed by atoms with Crippen LogP contribution in [0.15, 0.2) is 12.2 Å². The third kappa shape index (κ3) is 3.51. The second kappa shape index (κ2) is 7.62. The van der Waals surface area contributed by atoms with Gasteiger partial charge in [-0.25, -0.2) is 0 Å². The lowest BCUT2D eigenvalue weighted by atomic mass is 9.48. The third-order valence-corrected chi connectivity index (χ3v) is 18.5. The maximum atomic E-state index is 14.7. The standard InChI is InChI=1S/C24H41NO5SSi2/c1-20(2,3)32(8,9)29-23(15-31-7)16-12-13-24(17(23)26,30-33(10,11)21(4,5)6)22(14-16)18(27)25-19(22)28/h12-13,16H,14-15H2,1-11H3,(H,25,27,28)/t16-,23+,24+/m1/s1. The summed E-state index contributed by atoms with van der Waals surface area (Å²) in [4.78, 5) is 40.9. The number of imide groups is 1. The number of fused-ring (bicyclic) bond motifs is 1. The molecule has 1 N–H and O–H groups in total. The summed E-state index contributed by atoms with van der Waals surface area (Å²) in [5.74, 6) is -0.952.